The molecule has 2 aromatic rings. The number of hydrogen-bond donors (Lipinski definition) is 1. The van der Waals surface area contributed by atoms with E-state index in [2.05, 4.69) is 10.3 Å². The van der Waals surface area contributed by atoms with Crippen LogP contribution in [0.1, 0.15) is 26.5 Å². The fourth-order valence-corrected chi connectivity index (χ4v) is 2.19. The molecule has 0 aliphatic rings. The monoisotopic (exact) mass is 237 g/mol. The molecule has 0 atom stereocenters. The first-order valence-electron chi connectivity index (χ1n) is 5.16. The molecule has 2 aromatic heterocycles. The Morgan fingerprint density at radius 3 is 3.00 bits per heavy atom. The van der Waals surface area contributed by atoms with Crippen LogP contribution in [0.15, 0.2) is 17.8 Å². The minimum Gasteiger partial charge on any atom is -0.350 e. The van der Waals surface area contributed by atoms with E-state index < -0.39 is 0 Å². The van der Waals surface area contributed by atoms with Crippen molar-refractivity contribution in [3.63, 3.8) is 0 Å². The van der Waals surface area contributed by atoms with Gasteiger partial charge in [0, 0.05) is 23.2 Å². The van der Waals surface area contributed by atoms with Gasteiger partial charge in [-0.3, -0.25) is 9.20 Å². The minimum atomic E-state index is -0.343. The number of thiazole rings is 1. The van der Waals surface area contributed by atoms with E-state index in [1.165, 1.54) is 0 Å². The van der Waals surface area contributed by atoms with Gasteiger partial charge in [0.15, 0.2) is 4.96 Å². The zero-order valence-corrected chi connectivity index (χ0v) is 10.5. The van der Waals surface area contributed by atoms with Crippen molar-refractivity contribution < 1.29 is 4.79 Å². The Morgan fingerprint density at radius 2 is 2.31 bits per heavy atom. The Labute approximate surface area is 98.3 Å². The molecule has 1 amide bonds. The second-order valence-electron chi connectivity index (χ2n) is 4.74. The molecule has 0 saturated heterocycles. The molecule has 16 heavy (non-hydrogen) atoms. The van der Waals surface area contributed by atoms with E-state index in [1.54, 1.807) is 17.5 Å². The van der Waals surface area contributed by atoms with E-state index in [1.807, 2.05) is 36.7 Å². The number of amides is 1. The first kappa shape index (κ1) is 11.1. The second-order valence-corrected chi connectivity index (χ2v) is 5.58. The normalized spacial score (nSPS) is 11.9. The van der Waals surface area contributed by atoms with E-state index in [4.69, 9.17) is 0 Å². The SMILES string of the molecule is CC(C)(C)C(=O)NCc1csc2nccn12. The molecule has 0 fully saturated rings. The van der Waals surface area contributed by atoms with Gasteiger partial charge in [-0.15, -0.1) is 11.3 Å². The summed E-state index contributed by atoms with van der Waals surface area (Å²) in [5.74, 6) is 0.0620. The Morgan fingerprint density at radius 1 is 1.56 bits per heavy atom. The topological polar surface area (TPSA) is 46.4 Å². The number of fused-ring (bicyclic) bond motifs is 1. The van der Waals surface area contributed by atoms with E-state index in [-0.39, 0.29) is 11.3 Å². The summed E-state index contributed by atoms with van der Waals surface area (Å²) in [5, 5.41) is 4.95. The Kier molecular flexibility index (Phi) is 2.71. The Balaban J connectivity index is 2.07. The smallest absolute Gasteiger partial charge is 0.225 e. The molecule has 0 radical (unpaired) electrons. The Bertz CT molecular complexity index is 506. The lowest BCUT2D eigenvalue weighted by Crippen LogP contribution is -2.34. The molecule has 2 rings (SSSR count). The van der Waals surface area contributed by atoms with Crippen molar-refractivity contribution in [2.75, 3.05) is 0 Å². The number of imidazole rings is 1. The van der Waals surface area contributed by atoms with Crippen LogP contribution >= 0.6 is 11.3 Å². The standard InChI is InChI=1S/C11H15N3OS/c1-11(2,3)9(15)13-6-8-7-16-10-12-4-5-14(8)10/h4-5,7H,6H2,1-3H3,(H,13,15). The molecular formula is C11H15N3OS. The van der Waals surface area contributed by atoms with E-state index >= 15 is 0 Å². The molecule has 86 valence electrons. The molecule has 0 bridgehead atoms. The molecule has 0 aliphatic carbocycles. The van der Waals surface area contributed by atoms with Gasteiger partial charge in [0.25, 0.3) is 0 Å². The van der Waals surface area contributed by atoms with Crippen molar-refractivity contribution in [1.82, 2.24) is 14.7 Å². The van der Waals surface area contributed by atoms with Gasteiger partial charge in [-0.2, -0.15) is 0 Å². The van der Waals surface area contributed by atoms with Crippen molar-refractivity contribution in [2.45, 2.75) is 27.3 Å². The lowest BCUT2D eigenvalue weighted by atomic mass is 9.96. The molecular weight excluding hydrogens is 222 g/mol. The van der Waals surface area contributed by atoms with Crippen molar-refractivity contribution >= 4 is 22.2 Å². The van der Waals surface area contributed by atoms with Crippen molar-refractivity contribution in [2.24, 2.45) is 5.41 Å². The number of rotatable bonds is 2. The zero-order chi connectivity index (χ0) is 11.8. The third-order valence-electron chi connectivity index (χ3n) is 2.33. The van der Waals surface area contributed by atoms with Crippen molar-refractivity contribution in [1.29, 1.82) is 0 Å². The van der Waals surface area contributed by atoms with Gasteiger partial charge in [0.2, 0.25) is 5.91 Å². The molecule has 0 spiro atoms. The fourth-order valence-electron chi connectivity index (χ4n) is 1.34. The van der Waals surface area contributed by atoms with Crippen molar-refractivity contribution in [3.05, 3.63) is 23.5 Å². The highest BCUT2D eigenvalue weighted by molar-refractivity contribution is 7.15. The molecule has 2 heterocycles. The van der Waals surface area contributed by atoms with Crippen LogP contribution in [0.4, 0.5) is 0 Å². The molecule has 0 saturated carbocycles. The van der Waals surface area contributed by atoms with E-state index in [0.29, 0.717) is 6.54 Å². The predicted molar refractivity (Wildman–Crippen MR) is 64.4 cm³/mol. The van der Waals surface area contributed by atoms with Crippen LogP contribution in [-0.4, -0.2) is 15.3 Å². The second kappa shape index (κ2) is 3.90. The number of nitrogens with zero attached hydrogens (tertiary/aromatic N) is 2. The largest absolute Gasteiger partial charge is 0.350 e. The first-order valence-corrected chi connectivity index (χ1v) is 6.04. The summed E-state index contributed by atoms with van der Waals surface area (Å²) in [6, 6.07) is 0. The lowest BCUT2D eigenvalue weighted by Gasteiger charge is -2.17. The van der Waals surface area contributed by atoms with Gasteiger partial charge >= 0.3 is 0 Å². The highest BCUT2D eigenvalue weighted by atomic mass is 32.1. The maximum atomic E-state index is 11.7. The summed E-state index contributed by atoms with van der Waals surface area (Å²) in [6.07, 6.45) is 3.67. The van der Waals surface area contributed by atoms with Crippen LogP contribution in [0, 0.1) is 5.41 Å². The van der Waals surface area contributed by atoms with Gasteiger partial charge in [-0.25, -0.2) is 4.98 Å². The number of carbonyl (C=O) groups excluding carboxylic acids is 1. The minimum absolute atomic E-state index is 0.0620. The van der Waals surface area contributed by atoms with Gasteiger partial charge in [-0.05, 0) is 0 Å². The summed E-state index contributed by atoms with van der Waals surface area (Å²) >= 11 is 1.58. The van der Waals surface area contributed by atoms with Crippen molar-refractivity contribution in [3.8, 4) is 0 Å². The molecule has 4 nitrogen and oxygen atoms in total. The third-order valence-corrected chi connectivity index (χ3v) is 3.23. The number of hydrogen-bond acceptors (Lipinski definition) is 3. The van der Waals surface area contributed by atoms with E-state index in [0.717, 1.165) is 10.7 Å². The summed E-state index contributed by atoms with van der Waals surface area (Å²) in [5.41, 5.74) is 0.722. The summed E-state index contributed by atoms with van der Waals surface area (Å²) in [4.78, 5) is 16.8. The highest BCUT2D eigenvalue weighted by Crippen LogP contribution is 2.16. The van der Waals surface area contributed by atoms with Gasteiger partial charge < -0.3 is 5.32 Å². The highest BCUT2D eigenvalue weighted by Gasteiger charge is 2.20. The number of aromatic nitrogens is 2. The van der Waals surface area contributed by atoms with E-state index in [9.17, 15) is 4.79 Å². The van der Waals surface area contributed by atoms with Gasteiger partial charge in [0.1, 0.15) is 0 Å². The average molecular weight is 237 g/mol. The lowest BCUT2D eigenvalue weighted by molar-refractivity contribution is -0.128. The fraction of sp³-hybridized carbons (Fsp3) is 0.455. The molecule has 1 N–H and O–H groups in total. The van der Waals surface area contributed by atoms with Gasteiger partial charge in [0.05, 0.1) is 12.2 Å². The average Bonchev–Trinajstić information content (AvgIpc) is 2.74. The predicted octanol–water partition coefficient (Wildman–Crippen LogP) is 2.06. The number of nitrogens with one attached hydrogen (secondary N) is 1. The third kappa shape index (κ3) is 2.09. The van der Waals surface area contributed by atoms with Crippen LogP contribution in [0.25, 0.3) is 4.96 Å². The number of carbonyl (C=O) groups is 1. The van der Waals surface area contributed by atoms with Crippen LogP contribution in [0.5, 0.6) is 0 Å². The molecule has 0 aliphatic heterocycles. The van der Waals surface area contributed by atoms with Gasteiger partial charge in [-0.1, -0.05) is 20.8 Å². The molecule has 0 unspecified atom stereocenters. The molecule has 0 aromatic carbocycles. The quantitative estimate of drug-likeness (QED) is 0.869. The summed E-state index contributed by atoms with van der Waals surface area (Å²) in [7, 11) is 0. The summed E-state index contributed by atoms with van der Waals surface area (Å²) < 4.78 is 1.99. The zero-order valence-electron chi connectivity index (χ0n) is 9.65. The molecule has 5 heteroatoms. The van der Waals surface area contributed by atoms with Crippen LogP contribution in [0.2, 0.25) is 0 Å². The Hall–Kier alpha value is -1.36. The van der Waals surface area contributed by atoms with Crippen LogP contribution in [0.3, 0.4) is 0 Å². The van der Waals surface area contributed by atoms with Crippen LogP contribution in [-0.2, 0) is 11.3 Å². The van der Waals surface area contributed by atoms with Crippen LogP contribution < -0.4 is 5.32 Å². The first-order chi connectivity index (χ1) is 7.48. The summed E-state index contributed by atoms with van der Waals surface area (Å²) in [6.45, 7) is 6.26. The maximum absolute atomic E-state index is 11.7. The maximum Gasteiger partial charge on any atom is 0.225 e.